The third kappa shape index (κ3) is 1.19. The van der Waals surface area contributed by atoms with Crippen LogP contribution in [0.4, 0.5) is 10.1 Å². The Morgan fingerprint density at radius 1 is 1.50 bits per heavy atom. The molecule has 2 N–H and O–H groups in total. The minimum absolute atomic E-state index is 0.148. The molecule has 0 saturated carbocycles. The molecule has 0 radical (unpaired) electrons. The lowest BCUT2D eigenvalue weighted by Gasteiger charge is -2.11. The third-order valence-electron chi connectivity index (χ3n) is 2.05. The lowest BCUT2D eigenvalue weighted by molar-refractivity contribution is 0.619. The summed E-state index contributed by atoms with van der Waals surface area (Å²) in [5, 5.41) is 1.66. The molecule has 0 amide bonds. The molecular formula is C8H8FIN2. The summed E-state index contributed by atoms with van der Waals surface area (Å²) < 4.78 is 13.7. The highest BCUT2D eigenvalue weighted by molar-refractivity contribution is 14.1. The molecular weight excluding hydrogens is 270 g/mol. The second-order valence-corrected chi connectivity index (χ2v) is 4.00. The first-order chi connectivity index (χ1) is 5.68. The fourth-order valence-electron chi connectivity index (χ4n) is 1.41. The van der Waals surface area contributed by atoms with Gasteiger partial charge in [0.2, 0.25) is 0 Å². The standard InChI is InChI=1S/C8H8FIN2/c9-6-3-5-1-2-12(11)8(5)4-7(6)10/h3-4H,1-2,11H2. The zero-order valence-electron chi connectivity index (χ0n) is 6.35. The monoisotopic (exact) mass is 278 g/mol. The Hall–Kier alpha value is -0.360. The molecule has 0 saturated heterocycles. The lowest BCUT2D eigenvalue weighted by atomic mass is 10.2. The van der Waals surface area contributed by atoms with Crippen molar-refractivity contribution in [2.75, 3.05) is 11.6 Å². The van der Waals surface area contributed by atoms with E-state index in [0.29, 0.717) is 3.57 Å². The molecule has 12 heavy (non-hydrogen) atoms. The molecule has 1 aliphatic heterocycles. The number of anilines is 1. The number of halogens is 2. The van der Waals surface area contributed by atoms with Crippen LogP contribution in [0.1, 0.15) is 5.56 Å². The van der Waals surface area contributed by atoms with Crippen LogP contribution < -0.4 is 10.9 Å². The van der Waals surface area contributed by atoms with E-state index in [1.54, 1.807) is 17.1 Å². The lowest BCUT2D eigenvalue weighted by Crippen LogP contribution is -2.28. The maximum Gasteiger partial charge on any atom is 0.136 e. The average molecular weight is 278 g/mol. The Balaban J connectivity index is 2.56. The summed E-state index contributed by atoms with van der Waals surface area (Å²) in [6.45, 7) is 0.787. The topological polar surface area (TPSA) is 29.3 Å². The van der Waals surface area contributed by atoms with Crippen molar-refractivity contribution in [3.8, 4) is 0 Å². The molecule has 64 valence electrons. The SMILES string of the molecule is NN1CCc2cc(F)c(I)cc21. The van der Waals surface area contributed by atoms with Gasteiger partial charge < -0.3 is 5.01 Å². The quantitative estimate of drug-likeness (QED) is 0.577. The molecule has 0 bridgehead atoms. The van der Waals surface area contributed by atoms with Crippen molar-refractivity contribution in [2.24, 2.45) is 5.84 Å². The Morgan fingerprint density at radius 2 is 2.25 bits per heavy atom. The van der Waals surface area contributed by atoms with Crippen molar-refractivity contribution >= 4 is 28.3 Å². The van der Waals surface area contributed by atoms with Crippen molar-refractivity contribution in [3.05, 3.63) is 27.1 Å². The molecule has 4 heteroatoms. The first-order valence-corrected chi connectivity index (χ1v) is 4.76. The summed E-state index contributed by atoms with van der Waals surface area (Å²) in [4.78, 5) is 0. The van der Waals surface area contributed by atoms with E-state index in [0.717, 1.165) is 24.2 Å². The highest BCUT2D eigenvalue weighted by Gasteiger charge is 2.18. The first kappa shape index (κ1) is 8.25. The van der Waals surface area contributed by atoms with Crippen molar-refractivity contribution < 1.29 is 4.39 Å². The van der Waals surface area contributed by atoms with Crippen LogP contribution in [0.3, 0.4) is 0 Å². The summed E-state index contributed by atoms with van der Waals surface area (Å²) in [5.41, 5.74) is 1.97. The fourth-order valence-corrected chi connectivity index (χ4v) is 1.86. The van der Waals surface area contributed by atoms with Gasteiger partial charge in [0.25, 0.3) is 0 Å². The number of fused-ring (bicyclic) bond motifs is 1. The van der Waals surface area contributed by atoms with Gasteiger partial charge in [0.05, 0.1) is 9.26 Å². The molecule has 2 rings (SSSR count). The van der Waals surface area contributed by atoms with E-state index in [4.69, 9.17) is 5.84 Å². The maximum atomic E-state index is 13.0. The predicted octanol–water partition coefficient (Wildman–Crippen LogP) is 1.67. The van der Waals surface area contributed by atoms with Crippen LogP contribution in [-0.4, -0.2) is 6.54 Å². The second-order valence-electron chi connectivity index (χ2n) is 2.84. The second kappa shape index (κ2) is 2.85. The molecule has 0 atom stereocenters. The molecule has 1 heterocycles. The van der Waals surface area contributed by atoms with E-state index in [1.165, 1.54) is 0 Å². The number of benzene rings is 1. The molecule has 1 aromatic rings. The number of hydrogen-bond donors (Lipinski definition) is 1. The summed E-state index contributed by atoms with van der Waals surface area (Å²) in [6.07, 6.45) is 0.847. The number of nitrogens with zero attached hydrogens (tertiary/aromatic N) is 1. The molecule has 0 unspecified atom stereocenters. The Bertz CT molecular complexity index is 327. The van der Waals surface area contributed by atoms with Gasteiger partial charge in [0.15, 0.2) is 0 Å². The van der Waals surface area contributed by atoms with Crippen molar-refractivity contribution in [3.63, 3.8) is 0 Å². The third-order valence-corrected chi connectivity index (χ3v) is 2.88. The van der Waals surface area contributed by atoms with Crippen LogP contribution in [0.5, 0.6) is 0 Å². The highest BCUT2D eigenvalue weighted by atomic mass is 127. The minimum Gasteiger partial charge on any atom is -0.310 e. The van der Waals surface area contributed by atoms with Gasteiger partial charge in [-0.05, 0) is 46.7 Å². The van der Waals surface area contributed by atoms with Crippen LogP contribution in [0, 0.1) is 9.39 Å². The molecule has 0 aromatic heterocycles. The van der Waals surface area contributed by atoms with E-state index < -0.39 is 0 Å². The molecule has 0 spiro atoms. The molecule has 1 aromatic carbocycles. The van der Waals surface area contributed by atoms with Crippen molar-refractivity contribution in [2.45, 2.75) is 6.42 Å². The zero-order chi connectivity index (χ0) is 8.72. The van der Waals surface area contributed by atoms with Gasteiger partial charge in [-0.1, -0.05) is 0 Å². The number of nitrogens with two attached hydrogens (primary N) is 1. The highest BCUT2D eigenvalue weighted by Crippen LogP contribution is 2.28. The normalized spacial score (nSPS) is 15.1. The summed E-state index contributed by atoms with van der Waals surface area (Å²) >= 11 is 1.97. The van der Waals surface area contributed by atoms with E-state index in [-0.39, 0.29) is 5.82 Å². The summed E-state index contributed by atoms with van der Waals surface area (Å²) in [7, 11) is 0. The van der Waals surface area contributed by atoms with Gasteiger partial charge >= 0.3 is 0 Å². The number of rotatable bonds is 0. The fraction of sp³-hybridized carbons (Fsp3) is 0.250. The van der Waals surface area contributed by atoms with Crippen LogP contribution in [0.2, 0.25) is 0 Å². The van der Waals surface area contributed by atoms with Gasteiger partial charge in [-0.2, -0.15) is 0 Å². The van der Waals surface area contributed by atoms with E-state index >= 15 is 0 Å². The van der Waals surface area contributed by atoms with Gasteiger partial charge in [-0.25, -0.2) is 10.2 Å². The smallest absolute Gasteiger partial charge is 0.136 e. The van der Waals surface area contributed by atoms with E-state index in [1.807, 2.05) is 22.6 Å². The van der Waals surface area contributed by atoms with Gasteiger partial charge in [-0.3, -0.25) is 0 Å². The Kier molecular flexibility index (Phi) is 1.96. The molecule has 1 aliphatic rings. The van der Waals surface area contributed by atoms with Gasteiger partial charge in [0.1, 0.15) is 5.82 Å². The van der Waals surface area contributed by atoms with Crippen LogP contribution in [0.25, 0.3) is 0 Å². The van der Waals surface area contributed by atoms with Crippen LogP contribution in [-0.2, 0) is 6.42 Å². The number of hydrogen-bond acceptors (Lipinski definition) is 2. The Morgan fingerprint density at radius 3 is 3.00 bits per heavy atom. The zero-order valence-corrected chi connectivity index (χ0v) is 8.51. The summed E-state index contributed by atoms with van der Waals surface area (Å²) in [6, 6.07) is 3.36. The number of hydrazine groups is 1. The summed E-state index contributed by atoms with van der Waals surface area (Å²) in [5.74, 6) is 5.52. The first-order valence-electron chi connectivity index (χ1n) is 3.68. The Labute approximate surface area is 83.7 Å². The largest absolute Gasteiger partial charge is 0.310 e. The van der Waals surface area contributed by atoms with Crippen LogP contribution >= 0.6 is 22.6 Å². The van der Waals surface area contributed by atoms with Crippen LogP contribution in [0.15, 0.2) is 12.1 Å². The van der Waals surface area contributed by atoms with Gasteiger partial charge in [-0.15, -0.1) is 0 Å². The van der Waals surface area contributed by atoms with E-state index in [9.17, 15) is 4.39 Å². The van der Waals surface area contributed by atoms with E-state index in [2.05, 4.69) is 0 Å². The molecule has 0 aliphatic carbocycles. The maximum absolute atomic E-state index is 13.0. The van der Waals surface area contributed by atoms with Gasteiger partial charge in [0, 0.05) is 6.54 Å². The molecule has 2 nitrogen and oxygen atoms in total. The predicted molar refractivity (Wildman–Crippen MR) is 54.4 cm³/mol. The van der Waals surface area contributed by atoms with Crippen molar-refractivity contribution in [1.29, 1.82) is 0 Å². The minimum atomic E-state index is -0.148. The average Bonchev–Trinajstić information content (AvgIpc) is 2.35. The molecule has 0 fully saturated rings. The van der Waals surface area contributed by atoms with Crippen molar-refractivity contribution in [1.82, 2.24) is 0 Å².